The first-order valence-corrected chi connectivity index (χ1v) is 7.10. The molecule has 2 rings (SSSR count). The summed E-state index contributed by atoms with van der Waals surface area (Å²) in [6.45, 7) is 4.07. The Kier molecular flexibility index (Phi) is 4.88. The Balaban J connectivity index is 2.51. The molecule has 0 fully saturated rings. The summed E-state index contributed by atoms with van der Waals surface area (Å²) in [6, 6.07) is 3.39. The first-order valence-electron chi connectivity index (χ1n) is 7.10. The van der Waals surface area contributed by atoms with Crippen LogP contribution in [0.25, 0.3) is 11.3 Å². The number of rotatable bonds is 6. The zero-order valence-corrected chi connectivity index (χ0v) is 12.6. The van der Waals surface area contributed by atoms with Crippen molar-refractivity contribution in [3.63, 3.8) is 0 Å². The van der Waals surface area contributed by atoms with Gasteiger partial charge in [0.15, 0.2) is 0 Å². The van der Waals surface area contributed by atoms with Crippen molar-refractivity contribution in [2.75, 3.05) is 11.4 Å². The minimum atomic E-state index is -0.689. The number of hydrogen-bond donors (Lipinski definition) is 1. The van der Waals surface area contributed by atoms with E-state index in [9.17, 15) is 9.59 Å². The van der Waals surface area contributed by atoms with Crippen LogP contribution in [0.3, 0.4) is 0 Å². The number of nitrogens with zero attached hydrogens (tertiary/aromatic N) is 3. The Morgan fingerprint density at radius 2 is 1.95 bits per heavy atom. The number of nitrogens with two attached hydrogens (primary N) is 1. The maximum absolute atomic E-state index is 12.2. The summed E-state index contributed by atoms with van der Waals surface area (Å²) in [7, 11) is 0. The summed E-state index contributed by atoms with van der Waals surface area (Å²) in [5.74, 6) is -0.726. The van der Waals surface area contributed by atoms with Crippen LogP contribution in [0.2, 0.25) is 0 Å². The molecule has 2 aromatic rings. The minimum Gasteiger partial charge on any atom is -0.365 e. The normalized spacial score (nSPS) is 10.5. The van der Waals surface area contributed by atoms with Crippen LogP contribution in [-0.4, -0.2) is 28.5 Å². The lowest BCUT2D eigenvalue weighted by atomic mass is 10.1. The molecule has 2 amide bonds. The molecule has 2 aromatic heterocycles. The van der Waals surface area contributed by atoms with E-state index in [1.54, 1.807) is 31.5 Å². The molecule has 0 unspecified atom stereocenters. The van der Waals surface area contributed by atoms with E-state index in [1.807, 2.05) is 6.92 Å². The molecule has 2 N–H and O–H groups in total. The van der Waals surface area contributed by atoms with Crippen molar-refractivity contribution in [3.05, 3.63) is 30.1 Å². The lowest BCUT2D eigenvalue weighted by molar-refractivity contribution is -0.118. The number of aromatic nitrogens is 2. The van der Waals surface area contributed by atoms with Crippen LogP contribution in [0.1, 0.15) is 37.0 Å². The maximum atomic E-state index is 12.2. The number of carbonyl (C=O) groups excluding carboxylic acids is 2. The van der Waals surface area contributed by atoms with Crippen molar-refractivity contribution in [3.8, 4) is 11.3 Å². The number of amides is 2. The van der Waals surface area contributed by atoms with Crippen molar-refractivity contribution in [1.82, 2.24) is 10.1 Å². The second-order valence-electron chi connectivity index (χ2n) is 4.70. The minimum absolute atomic E-state index is 0.0975. The van der Waals surface area contributed by atoms with Crippen molar-refractivity contribution >= 4 is 17.7 Å². The van der Waals surface area contributed by atoms with E-state index >= 15 is 0 Å². The Bertz CT molecular complexity index is 667. The van der Waals surface area contributed by atoms with Crippen molar-refractivity contribution in [2.24, 2.45) is 5.73 Å². The molecule has 0 radical (unpaired) electrons. The van der Waals surface area contributed by atoms with Gasteiger partial charge in [-0.1, -0.05) is 12.1 Å². The second-order valence-corrected chi connectivity index (χ2v) is 4.70. The fourth-order valence-corrected chi connectivity index (χ4v) is 2.18. The summed E-state index contributed by atoms with van der Waals surface area (Å²) in [5, 5.41) is 3.92. The highest BCUT2D eigenvalue weighted by molar-refractivity contribution is 6.06. The summed E-state index contributed by atoms with van der Waals surface area (Å²) >= 11 is 0. The largest absolute Gasteiger partial charge is 0.365 e. The first kappa shape index (κ1) is 15.7. The highest BCUT2D eigenvalue weighted by Crippen LogP contribution is 2.31. The zero-order chi connectivity index (χ0) is 16.1. The topological polar surface area (TPSA) is 102 Å². The Labute approximate surface area is 128 Å². The van der Waals surface area contributed by atoms with Crippen LogP contribution in [0.15, 0.2) is 29.0 Å². The molecule has 0 saturated heterocycles. The second kappa shape index (κ2) is 6.84. The standard InChI is InChI=1S/C15H18N4O3/c1-3-5-11(20)19(4-2)15-12(14(16)21)13(18-22-15)10-6-8-17-9-7-10/h6-9H,3-5H2,1-2H3,(H2,16,21). The fraction of sp³-hybridized carbons (Fsp3) is 0.333. The van der Waals surface area contributed by atoms with Gasteiger partial charge in [0.1, 0.15) is 11.3 Å². The number of carbonyl (C=O) groups is 2. The number of hydrogen-bond acceptors (Lipinski definition) is 5. The maximum Gasteiger partial charge on any atom is 0.256 e. The lowest BCUT2D eigenvalue weighted by Gasteiger charge is -2.17. The van der Waals surface area contributed by atoms with Crippen LogP contribution in [0.4, 0.5) is 5.88 Å². The van der Waals surface area contributed by atoms with Crippen LogP contribution >= 0.6 is 0 Å². The fourth-order valence-electron chi connectivity index (χ4n) is 2.18. The smallest absolute Gasteiger partial charge is 0.256 e. The summed E-state index contributed by atoms with van der Waals surface area (Å²) < 4.78 is 5.27. The van der Waals surface area contributed by atoms with E-state index in [4.69, 9.17) is 10.3 Å². The molecule has 7 heteroatoms. The van der Waals surface area contributed by atoms with Gasteiger partial charge >= 0.3 is 0 Å². The molecule has 116 valence electrons. The van der Waals surface area contributed by atoms with E-state index in [1.165, 1.54) is 4.90 Å². The average Bonchev–Trinajstić information content (AvgIpc) is 2.94. The molecular formula is C15H18N4O3. The molecular weight excluding hydrogens is 284 g/mol. The molecule has 22 heavy (non-hydrogen) atoms. The highest BCUT2D eigenvalue weighted by atomic mass is 16.5. The highest BCUT2D eigenvalue weighted by Gasteiger charge is 2.28. The lowest BCUT2D eigenvalue weighted by Crippen LogP contribution is -2.31. The van der Waals surface area contributed by atoms with Gasteiger partial charge < -0.3 is 10.3 Å². The van der Waals surface area contributed by atoms with Gasteiger partial charge in [0.25, 0.3) is 5.91 Å². The molecule has 0 bridgehead atoms. The quantitative estimate of drug-likeness (QED) is 0.879. The predicted molar refractivity (Wildman–Crippen MR) is 81.2 cm³/mol. The molecule has 2 heterocycles. The molecule has 0 spiro atoms. The van der Waals surface area contributed by atoms with Crippen molar-refractivity contribution in [2.45, 2.75) is 26.7 Å². The molecule has 0 aromatic carbocycles. The third-order valence-corrected chi connectivity index (χ3v) is 3.20. The van der Waals surface area contributed by atoms with Crippen molar-refractivity contribution < 1.29 is 14.1 Å². The summed E-state index contributed by atoms with van der Waals surface area (Å²) in [5.41, 5.74) is 6.54. The van der Waals surface area contributed by atoms with E-state index < -0.39 is 5.91 Å². The van der Waals surface area contributed by atoms with E-state index in [-0.39, 0.29) is 17.4 Å². The average molecular weight is 302 g/mol. The van der Waals surface area contributed by atoms with Crippen LogP contribution in [0, 0.1) is 0 Å². The zero-order valence-electron chi connectivity index (χ0n) is 12.6. The van der Waals surface area contributed by atoms with Gasteiger partial charge in [-0.3, -0.25) is 19.5 Å². The molecule has 0 saturated carbocycles. The van der Waals surface area contributed by atoms with Crippen LogP contribution < -0.4 is 10.6 Å². The first-order chi connectivity index (χ1) is 10.6. The van der Waals surface area contributed by atoms with Gasteiger partial charge in [0.05, 0.1) is 0 Å². The van der Waals surface area contributed by atoms with Crippen LogP contribution in [0.5, 0.6) is 0 Å². The monoisotopic (exact) mass is 302 g/mol. The van der Waals surface area contributed by atoms with Gasteiger partial charge in [0, 0.05) is 30.9 Å². The Hall–Kier alpha value is -2.70. The van der Waals surface area contributed by atoms with Gasteiger partial charge in [-0.15, -0.1) is 0 Å². The predicted octanol–water partition coefficient (Wildman–Crippen LogP) is 1.99. The molecule has 0 aliphatic rings. The van der Waals surface area contributed by atoms with E-state index in [0.29, 0.717) is 30.6 Å². The van der Waals surface area contributed by atoms with Gasteiger partial charge in [-0.2, -0.15) is 0 Å². The van der Waals surface area contributed by atoms with Gasteiger partial charge in [0.2, 0.25) is 11.8 Å². The SMILES string of the molecule is CCCC(=O)N(CC)c1onc(-c2ccncc2)c1C(N)=O. The van der Waals surface area contributed by atoms with Crippen molar-refractivity contribution in [1.29, 1.82) is 0 Å². The molecule has 0 atom stereocenters. The number of anilines is 1. The van der Waals surface area contributed by atoms with Gasteiger partial charge in [-0.05, 0) is 25.5 Å². The molecule has 0 aliphatic carbocycles. The Morgan fingerprint density at radius 1 is 1.27 bits per heavy atom. The molecule has 0 aliphatic heterocycles. The van der Waals surface area contributed by atoms with E-state index in [0.717, 1.165) is 0 Å². The van der Waals surface area contributed by atoms with Crippen LogP contribution in [-0.2, 0) is 4.79 Å². The Morgan fingerprint density at radius 3 is 2.50 bits per heavy atom. The summed E-state index contributed by atoms with van der Waals surface area (Å²) in [6.07, 6.45) is 4.21. The van der Waals surface area contributed by atoms with Gasteiger partial charge in [-0.25, -0.2) is 0 Å². The third kappa shape index (κ3) is 2.98. The molecule has 7 nitrogen and oxygen atoms in total. The number of primary amides is 1. The van der Waals surface area contributed by atoms with E-state index in [2.05, 4.69) is 10.1 Å². The number of pyridine rings is 1. The summed E-state index contributed by atoms with van der Waals surface area (Å²) in [4.78, 5) is 29.3. The third-order valence-electron chi connectivity index (χ3n) is 3.20.